The van der Waals surface area contributed by atoms with E-state index in [1.54, 1.807) is 0 Å². The van der Waals surface area contributed by atoms with Gasteiger partial charge in [-0.25, -0.2) is 0 Å². The number of benzene rings is 1. The third-order valence-electron chi connectivity index (χ3n) is 5.93. The van der Waals surface area contributed by atoms with Gasteiger partial charge in [-0.1, -0.05) is 18.2 Å². The second kappa shape index (κ2) is 7.66. The van der Waals surface area contributed by atoms with Gasteiger partial charge in [0.25, 0.3) is 5.91 Å². The normalized spacial score (nSPS) is 17.7. The maximum absolute atomic E-state index is 12.5. The Kier molecular flexibility index (Phi) is 5.07. The van der Waals surface area contributed by atoms with Gasteiger partial charge in [-0.3, -0.25) is 9.59 Å². The Labute approximate surface area is 165 Å². The minimum atomic E-state index is -0.0744. The topological polar surface area (TPSA) is 65.2 Å². The molecule has 0 spiro atoms. The zero-order valence-corrected chi connectivity index (χ0v) is 16.6. The van der Waals surface area contributed by atoms with Gasteiger partial charge in [-0.05, 0) is 62.8 Å². The first-order valence-electron chi connectivity index (χ1n) is 10.1. The quantitative estimate of drug-likeness (QED) is 0.789. The van der Waals surface area contributed by atoms with Crippen molar-refractivity contribution in [3.63, 3.8) is 0 Å². The molecule has 2 aromatic rings. The number of nitrogens with zero attached hydrogens (tertiary/aromatic N) is 1. The van der Waals surface area contributed by atoms with Crippen molar-refractivity contribution >= 4 is 29.2 Å². The molecule has 4 rings (SSSR count). The van der Waals surface area contributed by atoms with Crippen LogP contribution in [-0.4, -0.2) is 34.8 Å². The lowest BCUT2D eigenvalue weighted by Gasteiger charge is -2.26. The molecule has 1 aromatic heterocycles. The van der Waals surface area contributed by atoms with E-state index < -0.39 is 0 Å². The van der Waals surface area contributed by atoms with Gasteiger partial charge in [0.1, 0.15) is 0 Å². The molecule has 0 aliphatic carbocycles. The first-order valence-corrected chi connectivity index (χ1v) is 10.1. The summed E-state index contributed by atoms with van der Waals surface area (Å²) in [5.74, 6) is 0.179. The zero-order chi connectivity index (χ0) is 19.7. The Morgan fingerprint density at radius 3 is 2.68 bits per heavy atom. The molecule has 2 amide bonds. The van der Waals surface area contributed by atoms with Gasteiger partial charge in [0.05, 0.1) is 5.57 Å². The monoisotopic (exact) mass is 377 g/mol. The van der Waals surface area contributed by atoms with Crippen molar-refractivity contribution in [1.29, 1.82) is 0 Å². The van der Waals surface area contributed by atoms with Crippen LogP contribution < -0.4 is 5.32 Å². The van der Waals surface area contributed by atoms with Crippen LogP contribution >= 0.6 is 0 Å². The molecular formula is C23H27N3O2. The van der Waals surface area contributed by atoms with Crippen molar-refractivity contribution in [2.75, 3.05) is 18.4 Å². The fourth-order valence-electron chi connectivity index (χ4n) is 4.29. The van der Waals surface area contributed by atoms with Crippen LogP contribution in [0.15, 0.2) is 24.3 Å². The van der Waals surface area contributed by atoms with Crippen molar-refractivity contribution in [2.45, 2.75) is 46.0 Å². The van der Waals surface area contributed by atoms with Crippen LogP contribution in [0.4, 0.5) is 5.69 Å². The number of carbonyl (C=O) groups excluding carboxylic acids is 2. The summed E-state index contributed by atoms with van der Waals surface area (Å²) in [5, 5.41) is 2.91. The van der Waals surface area contributed by atoms with Crippen molar-refractivity contribution in [1.82, 2.24) is 9.88 Å². The van der Waals surface area contributed by atoms with E-state index in [-0.39, 0.29) is 11.8 Å². The molecule has 28 heavy (non-hydrogen) atoms. The van der Waals surface area contributed by atoms with Crippen LogP contribution in [0.25, 0.3) is 11.6 Å². The van der Waals surface area contributed by atoms with Gasteiger partial charge >= 0.3 is 0 Å². The number of likely N-dealkylation sites (tertiary alicyclic amines) is 1. The molecule has 5 nitrogen and oxygen atoms in total. The second-order valence-electron chi connectivity index (χ2n) is 7.77. The molecule has 0 saturated carbocycles. The summed E-state index contributed by atoms with van der Waals surface area (Å²) in [6, 6.07) is 7.74. The van der Waals surface area contributed by atoms with Gasteiger partial charge < -0.3 is 15.2 Å². The number of aromatic amines is 1. The average Bonchev–Trinajstić information content (AvgIpc) is 3.16. The third-order valence-corrected chi connectivity index (χ3v) is 5.93. The van der Waals surface area contributed by atoms with E-state index in [9.17, 15) is 9.59 Å². The number of anilines is 1. The zero-order valence-electron chi connectivity index (χ0n) is 16.6. The van der Waals surface area contributed by atoms with Crippen molar-refractivity contribution in [2.24, 2.45) is 0 Å². The minimum absolute atomic E-state index is 0.0744. The Hall–Kier alpha value is -2.82. The van der Waals surface area contributed by atoms with Crippen molar-refractivity contribution in [3.05, 3.63) is 52.3 Å². The predicted octanol–water partition coefficient (Wildman–Crippen LogP) is 4.07. The molecule has 1 fully saturated rings. The number of carbonyl (C=O) groups is 2. The molecule has 1 saturated heterocycles. The van der Waals surface area contributed by atoms with Gasteiger partial charge in [-0.15, -0.1) is 0 Å². The van der Waals surface area contributed by atoms with E-state index in [0.29, 0.717) is 12.0 Å². The summed E-state index contributed by atoms with van der Waals surface area (Å²) in [6.45, 7) is 5.90. The van der Waals surface area contributed by atoms with Crippen LogP contribution in [0.2, 0.25) is 0 Å². The van der Waals surface area contributed by atoms with Crippen LogP contribution in [-0.2, 0) is 16.0 Å². The lowest BCUT2D eigenvalue weighted by Crippen LogP contribution is -2.35. The van der Waals surface area contributed by atoms with Gasteiger partial charge in [0.2, 0.25) is 5.91 Å². The number of nitrogens with one attached hydrogen (secondary N) is 2. The van der Waals surface area contributed by atoms with Crippen LogP contribution in [0, 0.1) is 13.8 Å². The van der Waals surface area contributed by atoms with E-state index in [1.807, 2.05) is 42.2 Å². The summed E-state index contributed by atoms with van der Waals surface area (Å²) in [6.07, 6.45) is 6.67. The van der Waals surface area contributed by atoms with Crippen LogP contribution in [0.5, 0.6) is 0 Å². The number of rotatable bonds is 4. The first-order chi connectivity index (χ1) is 13.5. The Balaban J connectivity index is 1.53. The Morgan fingerprint density at radius 1 is 1.14 bits per heavy atom. The number of hydrogen-bond acceptors (Lipinski definition) is 2. The summed E-state index contributed by atoms with van der Waals surface area (Å²) in [7, 11) is 0. The highest BCUT2D eigenvalue weighted by Gasteiger charge is 2.24. The third kappa shape index (κ3) is 3.49. The van der Waals surface area contributed by atoms with Gasteiger partial charge in [-0.2, -0.15) is 0 Å². The van der Waals surface area contributed by atoms with Crippen molar-refractivity contribution in [3.8, 4) is 0 Å². The lowest BCUT2D eigenvalue weighted by molar-refractivity contribution is -0.132. The molecule has 0 radical (unpaired) electrons. The summed E-state index contributed by atoms with van der Waals surface area (Å²) >= 11 is 0. The fourth-order valence-corrected chi connectivity index (χ4v) is 4.29. The molecule has 146 valence electrons. The Morgan fingerprint density at radius 2 is 1.89 bits per heavy atom. The summed E-state index contributed by atoms with van der Waals surface area (Å²) in [4.78, 5) is 30.3. The molecule has 2 N–H and O–H groups in total. The van der Waals surface area contributed by atoms with Crippen molar-refractivity contribution < 1.29 is 9.59 Å². The van der Waals surface area contributed by atoms with Gasteiger partial charge in [0, 0.05) is 42.1 Å². The molecule has 1 aromatic carbocycles. The lowest BCUT2D eigenvalue weighted by atomic mass is 10.0. The molecule has 3 heterocycles. The highest BCUT2D eigenvalue weighted by atomic mass is 16.2. The van der Waals surface area contributed by atoms with Crippen LogP contribution in [0.3, 0.4) is 0 Å². The molecule has 0 bridgehead atoms. The molecule has 2 aliphatic heterocycles. The predicted molar refractivity (Wildman–Crippen MR) is 112 cm³/mol. The minimum Gasteiger partial charge on any atom is -0.359 e. The van der Waals surface area contributed by atoms with E-state index in [4.69, 9.17) is 0 Å². The van der Waals surface area contributed by atoms with E-state index >= 15 is 0 Å². The molecule has 0 unspecified atom stereocenters. The van der Waals surface area contributed by atoms with E-state index in [2.05, 4.69) is 17.2 Å². The molecule has 2 aliphatic rings. The highest BCUT2D eigenvalue weighted by molar-refractivity contribution is 6.34. The van der Waals surface area contributed by atoms with E-state index in [0.717, 1.165) is 60.6 Å². The number of hydrogen-bond donors (Lipinski definition) is 2. The fraction of sp³-hybridized carbons (Fsp3) is 0.391. The number of fused-ring (bicyclic) bond motifs is 1. The standard InChI is InChI=1S/C23H27N3O2/c1-15-17(10-11-22(27)26-12-6-3-7-13-26)16(2)24-21(15)14-19-18-8-4-5-9-20(18)25-23(19)28/h4-5,8-9,14,24H,3,6-7,10-13H2,1-2H3,(H,25,28). The number of para-hydroxylation sites is 1. The van der Waals surface area contributed by atoms with Gasteiger partial charge in [0.15, 0.2) is 0 Å². The summed E-state index contributed by atoms with van der Waals surface area (Å²) < 4.78 is 0. The molecule has 0 atom stereocenters. The maximum atomic E-state index is 12.5. The largest absolute Gasteiger partial charge is 0.359 e. The van der Waals surface area contributed by atoms with E-state index in [1.165, 1.54) is 12.0 Å². The average molecular weight is 377 g/mol. The summed E-state index contributed by atoms with van der Waals surface area (Å²) in [5.41, 5.74) is 6.78. The molecule has 5 heteroatoms. The second-order valence-corrected chi connectivity index (χ2v) is 7.77. The Bertz CT molecular complexity index is 949. The maximum Gasteiger partial charge on any atom is 0.256 e. The highest BCUT2D eigenvalue weighted by Crippen LogP contribution is 2.33. The first kappa shape index (κ1) is 18.5. The van der Waals surface area contributed by atoms with Crippen LogP contribution in [0.1, 0.15) is 53.8 Å². The number of aromatic nitrogens is 1. The number of H-pyrrole nitrogens is 1. The number of piperidine rings is 1. The molecular weight excluding hydrogens is 350 g/mol. The number of aryl methyl sites for hydroxylation is 1. The smallest absolute Gasteiger partial charge is 0.256 e. The SMILES string of the molecule is Cc1[nH]c(C=C2C(=O)Nc3ccccc32)c(C)c1CCC(=O)N1CCCCC1. The number of amides is 2.